The summed E-state index contributed by atoms with van der Waals surface area (Å²) in [5.74, 6) is 0. The van der Waals surface area contributed by atoms with Crippen LogP contribution in [0.25, 0.3) is 0 Å². The standard InChI is InChI=1S/C3H6I3/c1-4-2-6-3-5-1/h1-3H2. The van der Waals surface area contributed by atoms with Gasteiger partial charge in [0.05, 0.1) is 0 Å². The Hall–Kier alpha value is 2.19. The average Bonchev–Trinajstić information content (AvgIpc) is 1.72. The highest BCUT2D eigenvalue weighted by molar-refractivity contribution is 14.4. The minimum absolute atomic E-state index is 0.813. The zero-order valence-electron chi connectivity index (χ0n) is 3.26. The lowest BCUT2D eigenvalue weighted by Gasteiger charge is -2.05. The largest absolute Gasteiger partial charge is 0.131 e. The van der Waals surface area contributed by atoms with Crippen molar-refractivity contribution >= 4 is 63.6 Å². The average molecular weight is 423 g/mol. The maximum atomic E-state index is 1.75. The maximum Gasteiger partial charge on any atom is 0.0360 e. The molecule has 39 valence electrons. The molecule has 1 fully saturated rings. The Labute approximate surface area is 69.6 Å². The zero-order chi connectivity index (χ0) is 4.24. The molecule has 0 bridgehead atoms. The molecule has 1 aliphatic rings. The lowest BCUT2D eigenvalue weighted by atomic mass is 12.0. The highest BCUT2D eigenvalue weighted by Crippen LogP contribution is 2.42. The predicted molar refractivity (Wildman–Crippen MR) is 56.7 cm³/mol. The Morgan fingerprint density at radius 2 is 1.00 bits per heavy atom. The molecular weight excluding hydrogens is 417 g/mol. The van der Waals surface area contributed by atoms with Crippen molar-refractivity contribution in [3.8, 4) is 0 Å². The molecule has 0 aromatic carbocycles. The van der Waals surface area contributed by atoms with Gasteiger partial charge in [0.1, 0.15) is 0 Å². The van der Waals surface area contributed by atoms with E-state index in [0.29, 0.717) is 0 Å². The van der Waals surface area contributed by atoms with Crippen LogP contribution in [0.1, 0.15) is 0 Å². The molecule has 1 heterocycles. The molecule has 1 saturated heterocycles. The molecule has 0 amide bonds. The number of alkyl halides is 6. The third-order valence-electron chi connectivity index (χ3n) is 0.429. The van der Waals surface area contributed by atoms with E-state index in [1.165, 1.54) is 0 Å². The van der Waals surface area contributed by atoms with Gasteiger partial charge in [0, 0.05) is 7.30 Å². The lowest BCUT2D eigenvalue weighted by Crippen LogP contribution is -1.73. The lowest BCUT2D eigenvalue weighted by molar-refractivity contribution is 2.41. The fourth-order valence-electron chi connectivity index (χ4n) is 0.233. The number of hydrogen-bond donors (Lipinski definition) is 0. The fraction of sp³-hybridized carbons (Fsp3) is 1.00. The molecule has 0 aliphatic carbocycles. The van der Waals surface area contributed by atoms with E-state index in [9.17, 15) is 0 Å². The van der Waals surface area contributed by atoms with Crippen LogP contribution in [0.3, 0.4) is 0 Å². The van der Waals surface area contributed by atoms with Gasteiger partial charge in [0.2, 0.25) is 0 Å². The van der Waals surface area contributed by atoms with Crippen molar-refractivity contribution in [1.82, 2.24) is 0 Å². The van der Waals surface area contributed by atoms with Gasteiger partial charge in [-0.15, -0.1) is 63.6 Å². The van der Waals surface area contributed by atoms with E-state index in [-0.39, 0.29) is 0 Å². The molecule has 0 unspecified atom stereocenters. The third kappa shape index (κ3) is 2.49. The normalized spacial score (nSPS) is 24.0. The molecule has 0 saturated carbocycles. The van der Waals surface area contributed by atoms with Crippen LogP contribution in [0.2, 0.25) is 0 Å². The Kier molecular flexibility index (Phi) is 4.32. The van der Waals surface area contributed by atoms with E-state index in [1.54, 1.807) is 7.30 Å². The quantitative estimate of drug-likeness (QED) is 0.416. The number of halogens is 3. The SMILES string of the molecule is C1[I]C[I]C[I]1. The van der Waals surface area contributed by atoms with Crippen molar-refractivity contribution < 1.29 is 0 Å². The van der Waals surface area contributed by atoms with E-state index in [2.05, 4.69) is 0 Å². The van der Waals surface area contributed by atoms with Gasteiger partial charge in [0.15, 0.2) is 0 Å². The molecule has 0 atom stereocenters. The van der Waals surface area contributed by atoms with Gasteiger partial charge in [-0.05, 0) is 0 Å². The summed E-state index contributed by atoms with van der Waals surface area (Å²) in [5.41, 5.74) is 0. The van der Waals surface area contributed by atoms with Gasteiger partial charge >= 0.3 is 0 Å². The second kappa shape index (κ2) is 4.11. The zero-order valence-corrected chi connectivity index (χ0v) is 9.73. The first-order valence-electron chi connectivity index (χ1n) is 1.60. The summed E-state index contributed by atoms with van der Waals surface area (Å²) in [5, 5.41) is 0. The second-order valence-corrected chi connectivity index (χ2v) is 17.4. The summed E-state index contributed by atoms with van der Waals surface area (Å²) in [4.78, 5) is 0. The molecule has 0 aromatic rings. The first-order valence-corrected chi connectivity index (χ1v) is 10.8. The first kappa shape index (κ1) is 6.31. The van der Waals surface area contributed by atoms with E-state index < -0.39 is 0 Å². The second-order valence-electron chi connectivity index (χ2n) is 0.870. The molecule has 6 heavy (non-hydrogen) atoms. The highest BCUT2D eigenvalue weighted by Gasteiger charge is 1.96. The van der Waals surface area contributed by atoms with Crippen molar-refractivity contribution in [2.75, 3.05) is 7.30 Å². The monoisotopic (exact) mass is 423 g/mol. The molecule has 0 nitrogen and oxygen atoms in total. The van der Waals surface area contributed by atoms with E-state index in [4.69, 9.17) is 0 Å². The molecule has 1 rings (SSSR count). The first-order chi connectivity index (χ1) is 3.00. The van der Waals surface area contributed by atoms with Gasteiger partial charge < -0.3 is 0 Å². The summed E-state index contributed by atoms with van der Waals surface area (Å²) in [7, 11) is 0. The van der Waals surface area contributed by atoms with Gasteiger partial charge in [-0.2, -0.15) is 0 Å². The van der Waals surface area contributed by atoms with Crippen LogP contribution in [0.15, 0.2) is 0 Å². The van der Waals surface area contributed by atoms with Crippen LogP contribution in [0.4, 0.5) is 0 Å². The van der Waals surface area contributed by atoms with Crippen LogP contribution in [-0.2, 0) is 0 Å². The fourth-order valence-corrected chi connectivity index (χ4v) is 31.3. The molecular formula is C3H6I3. The molecule has 0 N–H and O–H groups in total. The van der Waals surface area contributed by atoms with Crippen molar-refractivity contribution in [3.63, 3.8) is 0 Å². The Morgan fingerprint density at radius 3 is 1.17 bits per heavy atom. The van der Waals surface area contributed by atoms with E-state index >= 15 is 0 Å². The highest BCUT2D eigenvalue weighted by atomic mass is 127. The van der Waals surface area contributed by atoms with Gasteiger partial charge in [0.25, 0.3) is 0 Å². The van der Waals surface area contributed by atoms with Gasteiger partial charge in [-0.3, -0.25) is 0 Å². The van der Waals surface area contributed by atoms with Crippen LogP contribution in [0.5, 0.6) is 0 Å². The Morgan fingerprint density at radius 1 is 0.667 bits per heavy atom. The molecule has 0 aromatic heterocycles. The topological polar surface area (TPSA) is 0 Å². The van der Waals surface area contributed by atoms with Crippen molar-refractivity contribution in [2.45, 2.75) is 0 Å². The van der Waals surface area contributed by atoms with Crippen molar-refractivity contribution in [2.24, 2.45) is 0 Å². The predicted octanol–water partition coefficient (Wildman–Crippen LogP) is 2.78. The number of hydrogen-bond acceptors (Lipinski definition) is 0. The minimum Gasteiger partial charge on any atom is -0.131 e. The molecule has 3 heteroatoms. The Bertz CT molecular complexity index is 21.5. The minimum atomic E-state index is 0.813. The summed E-state index contributed by atoms with van der Waals surface area (Å²) in [6.07, 6.45) is 0. The van der Waals surface area contributed by atoms with Crippen LogP contribution in [0, 0.1) is 0 Å². The maximum absolute atomic E-state index is 1.75. The van der Waals surface area contributed by atoms with Crippen LogP contribution < -0.4 is 0 Å². The summed E-state index contributed by atoms with van der Waals surface area (Å²) < 4.78 is 5.24. The van der Waals surface area contributed by atoms with Crippen LogP contribution in [-0.4, -0.2) is 7.30 Å². The molecule has 0 spiro atoms. The number of rotatable bonds is 0. The van der Waals surface area contributed by atoms with Crippen molar-refractivity contribution in [1.29, 1.82) is 0 Å². The molecule has 1 aliphatic heterocycles. The van der Waals surface area contributed by atoms with Gasteiger partial charge in [-0.1, -0.05) is 0 Å². The third-order valence-corrected chi connectivity index (χ3v) is 19.3. The van der Waals surface area contributed by atoms with Gasteiger partial charge in [-0.25, -0.2) is 0 Å². The summed E-state index contributed by atoms with van der Waals surface area (Å²) >= 11 is 2.44. The van der Waals surface area contributed by atoms with E-state index in [1.807, 2.05) is 0 Å². The summed E-state index contributed by atoms with van der Waals surface area (Å²) in [6, 6.07) is 0. The summed E-state index contributed by atoms with van der Waals surface area (Å²) in [6.45, 7) is 0. The van der Waals surface area contributed by atoms with Crippen LogP contribution >= 0.6 is 63.6 Å². The van der Waals surface area contributed by atoms with Crippen molar-refractivity contribution in [3.05, 3.63) is 0 Å². The molecule has 3 radical (unpaired) electrons. The van der Waals surface area contributed by atoms with E-state index in [0.717, 1.165) is 63.6 Å². The smallest absolute Gasteiger partial charge is 0.0360 e. The Balaban J connectivity index is 2.00.